The van der Waals surface area contributed by atoms with Crippen LogP contribution in [0.2, 0.25) is 0 Å². The van der Waals surface area contributed by atoms with Crippen molar-refractivity contribution in [1.82, 2.24) is 0 Å². The lowest BCUT2D eigenvalue weighted by molar-refractivity contribution is 0.346. The Morgan fingerprint density at radius 3 is 1.86 bits per heavy atom. The molecule has 2 N–H and O–H groups in total. The first-order valence-electron chi connectivity index (χ1n) is 4.15. The van der Waals surface area contributed by atoms with Gasteiger partial charge in [0.2, 0.25) is 0 Å². The van der Waals surface area contributed by atoms with E-state index >= 15 is 0 Å². The summed E-state index contributed by atoms with van der Waals surface area (Å²) in [4.78, 5) is 1.15. The molecule has 3 heteroatoms. The zero-order valence-electron chi connectivity index (χ0n) is 8.07. The van der Waals surface area contributed by atoms with Gasteiger partial charge in [0, 0.05) is 0 Å². The van der Waals surface area contributed by atoms with Crippen LogP contribution in [0.3, 0.4) is 0 Å². The zero-order chi connectivity index (χ0) is 10.7. The molecule has 0 aliphatic rings. The van der Waals surface area contributed by atoms with Gasteiger partial charge < -0.3 is 10.2 Å². The molecule has 0 bridgehead atoms. The van der Waals surface area contributed by atoms with Crippen molar-refractivity contribution in [2.24, 2.45) is 0 Å². The van der Waals surface area contributed by atoms with Crippen molar-refractivity contribution in [1.29, 1.82) is 0 Å². The molecule has 0 saturated carbocycles. The van der Waals surface area contributed by atoms with Crippen molar-refractivity contribution in [3.05, 3.63) is 54.8 Å². The molecular weight excluding hydrogens is 178 g/mol. The van der Waals surface area contributed by atoms with Gasteiger partial charge in [0.1, 0.15) is 0 Å². The maximum absolute atomic E-state index is 9.22. The Hall–Kier alpha value is -1.90. The number of aryl methyl sites for hydroxylation is 1. The van der Waals surface area contributed by atoms with E-state index in [0.29, 0.717) is 5.69 Å². The van der Waals surface area contributed by atoms with E-state index in [1.165, 1.54) is 0 Å². The van der Waals surface area contributed by atoms with Crippen LogP contribution >= 0.6 is 0 Å². The molecule has 0 aliphatic heterocycles. The fraction of sp³-hybridized carbons (Fsp3) is 0.0909. The monoisotopic (exact) mass is 191 g/mol. The summed E-state index contributed by atoms with van der Waals surface area (Å²) in [6.07, 6.45) is 0. The highest BCUT2D eigenvalue weighted by atomic mass is 16.3. The topological polar surface area (TPSA) is 43.7 Å². The summed E-state index contributed by atoms with van der Waals surface area (Å²) in [7, 11) is 0. The van der Waals surface area contributed by atoms with Crippen LogP contribution in [0, 0.1) is 6.92 Å². The minimum absolute atomic E-state index is 0.263. The highest BCUT2D eigenvalue weighted by molar-refractivity contribution is 5.54. The molecule has 1 rings (SSSR count). The van der Waals surface area contributed by atoms with Gasteiger partial charge in [0.25, 0.3) is 0 Å². The normalized spacial score (nSPS) is 9.50. The van der Waals surface area contributed by atoms with E-state index in [-0.39, 0.29) is 11.8 Å². The quantitative estimate of drug-likeness (QED) is 0.722. The Morgan fingerprint density at radius 2 is 1.50 bits per heavy atom. The van der Waals surface area contributed by atoms with Crippen LogP contribution in [0.5, 0.6) is 0 Å². The standard InChI is InChI=1S/C11H13NO2/c1-8-4-6-11(7-5-8)12(9(2)13)10(3)14/h4-7,13-14H,2-3H2,1H3. The molecule has 0 saturated heterocycles. The first kappa shape index (κ1) is 10.2. The third-order valence-electron chi connectivity index (χ3n) is 1.81. The van der Waals surface area contributed by atoms with Gasteiger partial charge in [-0.2, -0.15) is 0 Å². The molecule has 0 atom stereocenters. The molecule has 0 heterocycles. The Bertz CT molecular complexity index is 340. The summed E-state index contributed by atoms with van der Waals surface area (Å²) >= 11 is 0. The highest BCUT2D eigenvalue weighted by Crippen LogP contribution is 2.20. The Morgan fingerprint density at radius 1 is 1.07 bits per heavy atom. The number of anilines is 1. The number of nitrogens with zero attached hydrogens (tertiary/aromatic N) is 1. The van der Waals surface area contributed by atoms with E-state index in [9.17, 15) is 10.2 Å². The van der Waals surface area contributed by atoms with Crippen molar-refractivity contribution in [2.45, 2.75) is 6.92 Å². The van der Waals surface area contributed by atoms with Gasteiger partial charge in [-0.25, -0.2) is 0 Å². The summed E-state index contributed by atoms with van der Waals surface area (Å²) in [5.41, 5.74) is 1.72. The number of aliphatic hydroxyl groups is 2. The lowest BCUT2D eigenvalue weighted by Crippen LogP contribution is -2.19. The minimum Gasteiger partial charge on any atom is -0.495 e. The van der Waals surface area contributed by atoms with Crippen LogP contribution in [0.25, 0.3) is 0 Å². The largest absolute Gasteiger partial charge is 0.495 e. The number of hydrogen-bond donors (Lipinski definition) is 2. The molecule has 0 spiro atoms. The van der Waals surface area contributed by atoms with Crippen LogP contribution in [-0.2, 0) is 0 Å². The Kier molecular flexibility index (Phi) is 2.82. The second-order valence-corrected chi connectivity index (χ2v) is 3.00. The van der Waals surface area contributed by atoms with Crippen molar-refractivity contribution in [2.75, 3.05) is 4.90 Å². The molecule has 0 aromatic heterocycles. The van der Waals surface area contributed by atoms with Crippen LogP contribution in [0.4, 0.5) is 5.69 Å². The van der Waals surface area contributed by atoms with Crippen molar-refractivity contribution in [3.8, 4) is 0 Å². The van der Waals surface area contributed by atoms with E-state index in [4.69, 9.17) is 0 Å². The van der Waals surface area contributed by atoms with Crippen molar-refractivity contribution >= 4 is 5.69 Å². The molecule has 0 unspecified atom stereocenters. The minimum atomic E-state index is -0.263. The van der Waals surface area contributed by atoms with Gasteiger partial charge in [-0.05, 0) is 32.2 Å². The van der Waals surface area contributed by atoms with E-state index in [2.05, 4.69) is 13.2 Å². The SMILES string of the molecule is C=C(O)N(C(=C)O)c1ccc(C)cc1. The maximum Gasteiger partial charge on any atom is 0.190 e. The summed E-state index contributed by atoms with van der Waals surface area (Å²) < 4.78 is 0. The van der Waals surface area contributed by atoms with Gasteiger partial charge in [0.05, 0.1) is 5.69 Å². The lowest BCUT2D eigenvalue weighted by Gasteiger charge is -2.20. The van der Waals surface area contributed by atoms with Crippen molar-refractivity contribution in [3.63, 3.8) is 0 Å². The predicted molar refractivity (Wildman–Crippen MR) is 57.2 cm³/mol. The fourth-order valence-electron chi connectivity index (χ4n) is 1.14. The first-order chi connectivity index (χ1) is 6.52. The summed E-state index contributed by atoms with van der Waals surface area (Å²) in [6, 6.07) is 7.26. The van der Waals surface area contributed by atoms with E-state index < -0.39 is 0 Å². The molecule has 3 nitrogen and oxygen atoms in total. The van der Waals surface area contributed by atoms with Gasteiger partial charge in [0.15, 0.2) is 11.8 Å². The van der Waals surface area contributed by atoms with E-state index in [1.807, 2.05) is 19.1 Å². The summed E-state index contributed by atoms with van der Waals surface area (Å²) in [5.74, 6) is -0.525. The maximum atomic E-state index is 9.22. The molecule has 0 amide bonds. The molecule has 0 radical (unpaired) electrons. The Labute approximate surface area is 83.2 Å². The molecule has 1 aromatic rings. The lowest BCUT2D eigenvalue weighted by atomic mass is 10.2. The van der Waals surface area contributed by atoms with Crippen LogP contribution in [-0.4, -0.2) is 10.2 Å². The van der Waals surface area contributed by atoms with Crippen LogP contribution in [0.1, 0.15) is 5.56 Å². The number of rotatable bonds is 3. The third-order valence-corrected chi connectivity index (χ3v) is 1.81. The summed E-state index contributed by atoms with van der Waals surface area (Å²) in [6.45, 7) is 8.63. The second-order valence-electron chi connectivity index (χ2n) is 3.00. The first-order valence-corrected chi connectivity index (χ1v) is 4.15. The molecule has 74 valence electrons. The average Bonchev–Trinajstić information content (AvgIpc) is 2.07. The Balaban J connectivity index is 3.06. The number of benzene rings is 1. The molecule has 1 aromatic carbocycles. The highest BCUT2D eigenvalue weighted by Gasteiger charge is 2.11. The fourth-order valence-corrected chi connectivity index (χ4v) is 1.14. The van der Waals surface area contributed by atoms with Gasteiger partial charge in [-0.3, -0.25) is 4.90 Å². The average molecular weight is 191 g/mol. The second kappa shape index (κ2) is 3.87. The number of hydrogen-bond acceptors (Lipinski definition) is 3. The van der Waals surface area contributed by atoms with E-state index in [0.717, 1.165) is 10.5 Å². The molecule has 14 heavy (non-hydrogen) atoms. The third kappa shape index (κ3) is 2.07. The zero-order valence-corrected chi connectivity index (χ0v) is 8.07. The molecule has 0 aliphatic carbocycles. The van der Waals surface area contributed by atoms with E-state index in [1.54, 1.807) is 12.1 Å². The van der Waals surface area contributed by atoms with Gasteiger partial charge >= 0.3 is 0 Å². The number of aliphatic hydroxyl groups excluding tert-OH is 2. The van der Waals surface area contributed by atoms with Crippen LogP contribution in [0.15, 0.2) is 49.2 Å². The molecular formula is C11H13NO2. The van der Waals surface area contributed by atoms with Crippen LogP contribution < -0.4 is 4.90 Å². The van der Waals surface area contributed by atoms with Gasteiger partial charge in [-0.15, -0.1) is 0 Å². The van der Waals surface area contributed by atoms with Crippen molar-refractivity contribution < 1.29 is 10.2 Å². The predicted octanol–water partition coefficient (Wildman–Crippen LogP) is 2.86. The smallest absolute Gasteiger partial charge is 0.190 e. The molecule has 0 fully saturated rings. The summed E-state index contributed by atoms with van der Waals surface area (Å²) in [5, 5.41) is 18.4. The van der Waals surface area contributed by atoms with Gasteiger partial charge in [-0.1, -0.05) is 17.7 Å².